The smallest absolute Gasteiger partial charge is 0.255 e. The maximum absolute atomic E-state index is 12.7. The van der Waals surface area contributed by atoms with E-state index in [1.807, 2.05) is 14.1 Å². The Hall–Kier alpha value is -2.46. The first kappa shape index (κ1) is 19.3. The Kier molecular flexibility index (Phi) is 5.47. The lowest BCUT2D eigenvalue weighted by atomic mass is 10.00. The van der Waals surface area contributed by atoms with Crippen molar-refractivity contribution < 1.29 is 17.6 Å². The number of nitrogens with one attached hydrogen (secondary N) is 1. The number of hydrogen-bond donors (Lipinski definition) is 1. The topological polar surface area (TPSA) is 109 Å². The summed E-state index contributed by atoms with van der Waals surface area (Å²) in [6.07, 6.45) is 4.84. The molecule has 3 heterocycles. The van der Waals surface area contributed by atoms with Crippen LogP contribution in [0.25, 0.3) is 0 Å². The van der Waals surface area contributed by atoms with Gasteiger partial charge in [0.15, 0.2) is 0 Å². The van der Waals surface area contributed by atoms with Crippen molar-refractivity contribution in [2.24, 2.45) is 0 Å². The fraction of sp³-hybridized carbons (Fsp3) is 0.471. The van der Waals surface area contributed by atoms with Crippen molar-refractivity contribution in [2.45, 2.75) is 18.9 Å². The largest absolute Gasteiger partial charge is 0.467 e. The molecule has 0 aliphatic carbocycles. The summed E-state index contributed by atoms with van der Waals surface area (Å²) in [5, 5.41) is 2.80. The van der Waals surface area contributed by atoms with Gasteiger partial charge in [-0.15, -0.1) is 0 Å². The minimum absolute atomic E-state index is 0.161. The number of sulfonamides is 1. The molecule has 1 amide bonds. The molecule has 0 aromatic carbocycles. The number of hydrogen-bond acceptors (Lipinski definition) is 7. The summed E-state index contributed by atoms with van der Waals surface area (Å²) in [5.74, 6) is 0.639. The zero-order valence-electron chi connectivity index (χ0n) is 15.5. The van der Waals surface area contributed by atoms with Gasteiger partial charge in [-0.05, 0) is 18.6 Å². The van der Waals surface area contributed by atoms with Crippen molar-refractivity contribution in [1.82, 2.24) is 19.6 Å². The summed E-state index contributed by atoms with van der Waals surface area (Å²) >= 11 is 0. The number of carbonyl (C=O) groups is 1. The van der Waals surface area contributed by atoms with E-state index >= 15 is 0 Å². The Bertz CT molecular complexity index is 911. The van der Waals surface area contributed by atoms with Crippen LogP contribution in [0.15, 0.2) is 29.0 Å². The quantitative estimate of drug-likeness (QED) is 0.774. The van der Waals surface area contributed by atoms with Crippen molar-refractivity contribution in [3.05, 3.63) is 41.6 Å². The lowest BCUT2D eigenvalue weighted by Gasteiger charge is -2.18. The monoisotopic (exact) mass is 393 g/mol. The maximum Gasteiger partial charge on any atom is 0.255 e. The first-order valence-electron chi connectivity index (χ1n) is 8.55. The van der Waals surface area contributed by atoms with E-state index in [4.69, 9.17) is 4.42 Å². The van der Waals surface area contributed by atoms with E-state index in [0.717, 1.165) is 0 Å². The van der Waals surface area contributed by atoms with Crippen LogP contribution in [-0.4, -0.2) is 62.0 Å². The first-order chi connectivity index (χ1) is 12.8. The van der Waals surface area contributed by atoms with Gasteiger partial charge in [-0.25, -0.2) is 22.7 Å². The minimum atomic E-state index is -3.28. The van der Waals surface area contributed by atoms with Crippen LogP contribution in [0.2, 0.25) is 0 Å². The zero-order valence-corrected chi connectivity index (χ0v) is 16.4. The Morgan fingerprint density at radius 1 is 1.44 bits per heavy atom. The van der Waals surface area contributed by atoms with Crippen LogP contribution in [-0.2, 0) is 16.6 Å². The number of nitrogens with zero attached hydrogens (tertiary/aromatic N) is 4. The molecule has 1 fully saturated rings. The number of anilines is 1. The molecule has 0 bridgehead atoms. The molecule has 1 atom stereocenters. The summed E-state index contributed by atoms with van der Waals surface area (Å²) in [5.41, 5.74) is 0.921. The van der Waals surface area contributed by atoms with E-state index in [0.29, 0.717) is 42.5 Å². The third-order valence-electron chi connectivity index (χ3n) is 4.46. The van der Waals surface area contributed by atoms with Crippen LogP contribution >= 0.6 is 0 Å². The summed E-state index contributed by atoms with van der Waals surface area (Å²) in [7, 11) is 0.349. The van der Waals surface area contributed by atoms with Gasteiger partial charge in [0.2, 0.25) is 16.0 Å². The summed E-state index contributed by atoms with van der Waals surface area (Å²) in [4.78, 5) is 23.2. The Morgan fingerprint density at radius 3 is 2.81 bits per heavy atom. The molecule has 10 heteroatoms. The van der Waals surface area contributed by atoms with Gasteiger partial charge in [-0.3, -0.25) is 4.79 Å². The van der Waals surface area contributed by atoms with Gasteiger partial charge in [-0.1, -0.05) is 0 Å². The lowest BCUT2D eigenvalue weighted by molar-refractivity contribution is 0.0945. The lowest BCUT2D eigenvalue weighted by Crippen LogP contribution is -2.29. The SMILES string of the molecule is CN(C)c1ncc(C(=O)NCc2ccco2)c(C2CCN(S(C)(=O)=O)C2)n1. The van der Waals surface area contributed by atoms with Crippen LogP contribution in [0, 0.1) is 0 Å². The van der Waals surface area contributed by atoms with Crippen LogP contribution < -0.4 is 10.2 Å². The Labute approximate surface area is 158 Å². The average Bonchev–Trinajstić information content (AvgIpc) is 3.30. The third-order valence-corrected chi connectivity index (χ3v) is 5.73. The van der Waals surface area contributed by atoms with E-state index in [2.05, 4.69) is 15.3 Å². The van der Waals surface area contributed by atoms with Crippen molar-refractivity contribution in [1.29, 1.82) is 0 Å². The molecule has 3 rings (SSSR count). The fourth-order valence-electron chi connectivity index (χ4n) is 3.02. The number of rotatable bonds is 6. The molecule has 1 unspecified atom stereocenters. The molecule has 1 aliphatic rings. The Balaban J connectivity index is 1.86. The second-order valence-corrected chi connectivity index (χ2v) is 8.71. The Morgan fingerprint density at radius 2 is 2.22 bits per heavy atom. The predicted molar refractivity (Wildman–Crippen MR) is 100 cm³/mol. The molecule has 2 aromatic rings. The standard InChI is InChI=1S/C17H23N5O4S/c1-21(2)17-19-10-14(16(23)18-9-13-5-4-8-26-13)15(20-17)12-6-7-22(11-12)27(3,24)25/h4-5,8,10,12H,6-7,9,11H2,1-3H3,(H,18,23). The van der Waals surface area contributed by atoms with E-state index in [1.54, 1.807) is 23.3 Å². The van der Waals surface area contributed by atoms with E-state index in [1.165, 1.54) is 16.8 Å². The van der Waals surface area contributed by atoms with Crippen LogP contribution in [0.1, 0.15) is 34.2 Å². The molecule has 9 nitrogen and oxygen atoms in total. The van der Waals surface area contributed by atoms with Gasteiger partial charge in [0.25, 0.3) is 5.91 Å². The molecule has 2 aromatic heterocycles. The minimum Gasteiger partial charge on any atom is -0.467 e. The van der Waals surface area contributed by atoms with Gasteiger partial charge in [0.1, 0.15) is 5.76 Å². The molecule has 1 aliphatic heterocycles. The predicted octanol–water partition coefficient (Wildman–Crippen LogP) is 0.814. The number of amides is 1. The van der Waals surface area contributed by atoms with Crippen molar-refractivity contribution in [3.8, 4) is 0 Å². The molecule has 146 valence electrons. The highest BCUT2D eigenvalue weighted by Crippen LogP contribution is 2.30. The maximum atomic E-state index is 12.7. The van der Waals surface area contributed by atoms with Gasteiger partial charge in [0, 0.05) is 39.3 Å². The number of aromatic nitrogens is 2. The van der Waals surface area contributed by atoms with Crippen molar-refractivity contribution in [2.75, 3.05) is 38.3 Å². The molecule has 0 saturated carbocycles. The van der Waals surface area contributed by atoms with Gasteiger partial charge >= 0.3 is 0 Å². The number of furan rings is 1. The van der Waals surface area contributed by atoms with E-state index < -0.39 is 10.0 Å². The van der Waals surface area contributed by atoms with Crippen LogP contribution in [0.4, 0.5) is 5.95 Å². The van der Waals surface area contributed by atoms with Gasteiger partial charge < -0.3 is 14.6 Å². The van der Waals surface area contributed by atoms with Crippen molar-refractivity contribution in [3.63, 3.8) is 0 Å². The zero-order chi connectivity index (χ0) is 19.6. The molecule has 0 spiro atoms. The fourth-order valence-corrected chi connectivity index (χ4v) is 3.90. The molecular weight excluding hydrogens is 370 g/mol. The highest BCUT2D eigenvalue weighted by atomic mass is 32.2. The molecular formula is C17H23N5O4S. The van der Waals surface area contributed by atoms with E-state index in [-0.39, 0.29) is 18.4 Å². The average molecular weight is 393 g/mol. The third kappa shape index (κ3) is 4.45. The van der Waals surface area contributed by atoms with Crippen LogP contribution in [0.5, 0.6) is 0 Å². The molecule has 1 saturated heterocycles. The van der Waals surface area contributed by atoms with E-state index in [9.17, 15) is 13.2 Å². The van der Waals surface area contributed by atoms with Gasteiger partial charge in [-0.2, -0.15) is 0 Å². The van der Waals surface area contributed by atoms with Crippen molar-refractivity contribution >= 4 is 21.9 Å². The normalized spacial score (nSPS) is 17.8. The number of carbonyl (C=O) groups excluding carboxylic acids is 1. The molecule has 0 radical (unpaired) electrons. The summed E-state index contributed by atoms with van der Waals surface area (Å²) < 4.78 is 30.3. The second-order valence-electron chi connectivity index (χ2n) is 6.73. The molecule has 27 heavy (non-hydrogen) atoms. The van der Waals surface area contributed by atoms with Crippen LogP contribution in [0.3, 0.4) is 0 Å². The highest BCUT2D eigenvalue weighted by Gasteiger charge is 2.33. The first-order valence-corrected chi connectivity index (χ1v) is 10.4. The molecule has 1 N–H and O–H groups in total. The summed E-state index contributed by atoms with van der Waals surface area (Å²) in [6, 6.07) is 3.52. The highest BCUT2D eigenvalue weighted by molar-refractivity contribution is 7.88. The summed E-state index contributed by atoms with van der Waals surface area (Å²) in [6.45, 7) is 0.972. The van der Waals surface area contributed by atoms with Gasteiger partial charge in [0.05, 0.1) is 30.3 Å². The second kappa shape index (κ2) is 7.65.